The summed E-state index contributed by atoms with van der Waals surface area (Å²) in [5.74, 6) is 0. The zero-order chi connectivity index (χ0) is 27.9. The van der Waals surface area contributed by atoms with E-state index in [9.17, 15) is 0 Å². The van der Waals surface area contributed by atoms with E-state index in [1.807, 2.05) is 0 Å². The molecule has 0 amide bonds. The lowest BCUT2D eigenvalue weighted by atomic mass is 10.0. The molecular formula is C39H33ClSi. The normalized spacial score (nSPS) is 11.3. The lowest BCUT2D eigenvalue weighted by Gasteiger charge is -2.32. The minimum absolute atomic E-state index is 0.847. The van der Waals surface area contributed by atoms with Gasteiger partial charge >= 0.3 is 0 Å². The summed E-state index contributed by atoms with van der Waals surface area (Å²) < 4.78 is 0. The van der Waals surface area contributed by atoms with E-state index in [1.165, 1.54) is 48.9 Å². The number of hydrogen-bond acceptors (Lipinski definition) is 0. The average Bonchev–Trinajstić information content (AvgIpc) is 3.03. The molecule has 6 aromatic rings. The Labute approximate surface area is 249 Å². The predicted octanol–water partition coefficient (Wildman–Crippen LogP) is 7.66. The Balaban J connectivity index is 1.57. The molecule has 0 nitrogen and oxygen atoms in total. The van der Waals surface area contributed by atoms with Crippen molar-refractivity contribution < 1.29 is 0 Å². The van der Waals surface area contributed by atoms with Gasteiger partial charge < -0.3 is 0 Å². The van der Waals surface area contributed by atoms with Gasteiger partial charge in [0.1, 0.15) is 0 Å². The molecule has 0 saturated heterocycles. The summed E-state index contributed by atoms with van der Waals surface area (Å²) >= 11 is 8.37. The van der Waals surface area contributed by atoms with E-state index >= 15 is 0 Å². The zero-order valence-electron chi connectivity index (χ0n) is 23.1. The SMILES string of the molecule is Cl[Si](c1ccccc1Cc1ccccc1)(c1ccccc1Cc1ccccc1)c1ccccc1Cc1ccccc1. The lowest BCUT2D eigenvalue weighted by molar-refractivity contribution is 1.19. The van der Waals surface area contributed by atoms with Crippen LogP contribution in [0, 0.1) is 0 Å². The van der Waals surface area contributed by atoms with E-state index in [2.05, 4.69) is 164 Å². The van der Waals surface area contributed by atoms with Crippen molar-refractivity contribution in [2.24, 2.45) is 0 Å². The molecule has 0 atom stereocenters. The summed E-state index contributed by atoms with van der Waals surface area (Å²) in [6, 6.07) is 58.8. The summed E-state index contributed by atoms with van der Waals surface area (Å²) in [7, 11) is -3.00. The fraction of sp³-hybridized carbons (Fsp3) is 0.0769. The third-order valence-electron chi connectivity index (χ3n) is 7.88. The first kappa shape index (κ1) is 27.0. The minimum Gasteiger partial charge on any atom is -0.149 e. The maximum Gasteiger partial charge on any atom is 0.248 e. The molecule has 200 valence electrons. The molecule has 0 aliphatic rings. The molecule has 0 aromatic heterocycles. The van der Waals surface area contributed by atoms with Gasteiger partial charge in [-0.25, -0.2) is 0 Å². The summed E-state index contributed by atoms with van der Waals surface area (Å²) in [5.41, 5.74) is 7.77. The van der Waals surface area contributed by atoms with E-state index < -0.39 is 7.38 Å². The van der Waals surface area contributed by atoms with E-state index in [1.54, 1.807) is 0 Å². The Morgan fingerprint density at radius 1 is 0.317 bits per heavy atom. The van der Waals surface area contributed by atoms with E-state index in [4.69, 9.17) is 11.1 Å². The molecule has 0 aliphatic heterocycles. The molecule has 6 rings (SSSR count). The molecule has 6 aromatic carbocycles. The number of benzene rings is 6. The summed E-state index contributed by atoms with van der Waals surface area (Å²) in [4.78, 5) is 0. The van der Waals surface area contributed by atoms with Gasteiger partial charge in [0.15, 0.2) is 0 Å². The third-order valence-corrected chi connectivity index (χ3v) is 13.4. The van der Waals surface area contributed by atoms with Crippen LogP contribution in [0.4, 0.5) is 0 Å². The highest BCUT2D eigenvalue weighted by atomic mass is 35.6. The summed E-state index contributed by atoms with van der Waals surface area (Å²) in [5, 5.41) is 3.81. The molecule has 0 aliphatic carbocycles. The second-order valence-corrected chi connectivity index (χ2v) is 15.3. The van der Waals surface area contributed by atoms with Crippen molar-refractivity contribution in [1.29, 1.82) is 0 Å². The molecule has 0 radical (unpaired) electrons. The van der Waals surface area contributed by atoms with Crippen molar-refractivity contribution in [3.63, 3.8) is 0 Å². The van der Waals surface area contributed by atoms with Crippen molar-refractivity contribution in [2.75, 3.05) is 0 Å². The van der Waals surface area contributed by atoms with Crippen LogP contribution in [-0.2, 0) is 19.3 Å². The highest BCUT2D eigenvalue weighted by molar-refractivity contribution is 7.40. The van der Waals surface area contributed by atoms with Gasteiger partial charge in [-0.1, -0.05) is 164 Å². The largest absolute Gasteiger partial charge is 0.248 e. The Morgan fingerprint density at radius 3 is 0.854 bits per heavy atom. The molecule has 0 heterocycles. The Hall–Kier alpha value is -4.17. The number of halogens is 1. The first-order valence-corrected chi connectivity index (χ1v) is 17.3. The van der Waals surface area contributed by atoms with Crippen LogP contribution in [0.2, 0.25) is 0 Å². The molecular weight excluding hydrogens is 532 g/mol. The van der Waals surface area contributed by atoms with Gasteiger partial charge in [-0.15, -0.1) is 11.1 Å². The molecule has 0 bridgehead atoms. The fourth-order valence-corrected chi connectivity index (χ4v) is 11.3. The van der Waals surface area contributed by atoms with Crippen molar-refractivity contribution >= 4 is 34.0 Å². The van der Waals surface area contributed by atoms with E-state index in [0.29, 0.717) is 0 Å². The van der Waals surface area contributed by atoms with Gasteiger partial charge in [0.25, 0.3) is 0 Å². The molecule has 41 heavy (non-hydrogen) atoms. The molecule has 0 saturated carbocycles. The Morgan fingerprint density at radius 2 is 0.561 bits per heavy atom. The quantitative estimate of drug-likeness (QED) is 0.0960. The second kappa shape index (κ2) is 12.6. The number of hydrogen-bond donors (Lipinski definition) is 0. The van der Waals surface area contributed by atoms with Crippen LogP contribution < -0.4 is 15.6 Å². The zero-order valence-corrected chi connectivity index (χ0v) is 24.8. The van der Waals surface area contributed by atoms with Crippen molar-refractivity contribution in [3.05, 3.63) is 197 Å². The van der Waals surface area contributed by atoms with Crippen LogP contribution in [0.1, 0.15) is 33.4 Å². The second-order valence-electron chi connectivity index (χ2n) is 10.6. The Kier molecular flexibility index (Phi) is 8.28. The van der Waals surface area contributed by atoms with Crippen molar-refractivity contribution in [1.82, 2.24) is 0 Å². The van der Waals surface area contributed by atoms with Crippen LogP contribution in [0.25, 0.3) is 0 Å². The first-order chi connectivity index (χ1) is 20.2. The third kappa shape index (κ3) is 5.98. The smallest absolute Gasteiger partial charge is 0.149 e. The monoisotopic (exact) mass is 564 g/mol. The van der Waals surface area contributed by atoms with Gasteiger partial charge in [-0.3, -0.25) is 0 Å². The maximum atomic E-state index is 8.37. The van der Waals surface area contributed by atoms with Gasteiger partial charge in [0.2, 0.25) is 7.38 Å². The van der Waals surface area contributed by atoms with Crippen molar-refractivity contribution in [3.8, 4) is 0 Å². The van der Waals surface area contributed by atoms with Gasteiger partial charge in [0.05, 0.1) is 0 Å². The molecule has 0 fully saturated rings. The average molecular weight is 565 g/mol. The van der Waals surface area contributed by atoms with Gasteiger partial charge in [-0.2, -0.15) is 0 Å². The topological polar surface area (TPSA) is 0 Å². The minimum atomic E-state index is -3.00. The number of rotatable bonds is 9. The van der Waals surface area contributed by atoms with Crippen LogP contribution in [0.5, 0.6) is 0 Å². The highest BCUT2D eigenvalue weighted by Crippen LogP contribution is 2.22. The van der Waals surface area contributed by atoms with Crippen LogP contribution >= 0.6 is 11.1 Å². The van der Waals surface area contributed by atoms with Crippen LogP contribution in [0.15, 0.2) is 164 Å². The summed E-state index contributed by atoms with van der Waals surface area (Å²) in [6.07, 6.45) is 2.54. The first-order valence-electron chi connectivity index (χ1n) is 14.3. The Bertz CT molecular complexity index is 1510. The summed E-state index contributed by atoms with van der Waals surface area (Å²) in [6.45, 7) is 0. The van der Waals surface area contributed by atoms with Gasteiger partial charge in [0, 0.05) is 0 Å². The van der Waals surface area contributed by atoms with Crippen LogP contribution in [0.3, 0.4) is 0 Å². The lowest BCUT2D eigenvalue weighted by Crippen LogP contribution is -2.65. The molecule has 0 spiro atoms. The maximum absolute atomic E-state index is 8.37. The molecule has 2 heteroatoms. The van der Waals surface area contributed by atoms with Gasteiger partial charge in [-0.05, 0) is 68.2 Å². The predicted molar refractivity (Wildman–Crippen MR) is 178 cm³/mol. The standard InChI is InChI=1S/C39H33ClSi/c40-41(37-25-13-10-22-34(37)28-31-16-4-1-5-17-31,38-26-14-11-23-35(38)29-32-18-6-2-7-19-32)39-27-15-12-24-36(39)30-33-20-8-3-9-21-33/h1-27H,28-30H2. The van der Waals surface area contributed by atoms with Crippen molar-refractivity contribution in [2.45, 2.75) is 19.3 Å². The molecule has 0 unspecified atom stereocenters. The molecule has 0 N–H and O–H groups in total. The van der Waals surface area contributed by atoms with Crippen LogP contribution in [-0.4, -0.2) is 7.38 Å². The fourth-order valence-electron chi connectivity index (χ4n) is 5.91. The highest BCUT2D eigenvalue weighted by Gasteiger charge is 2.42. The van der Waals surface area contributed by atoms with E-state index in [-0.39, 0.29) is 0 Å². The van der Waals surface area contributed by atoms with E-state index in [0.717, 1.165) is 19.3 Å².